The minimum Gasteiger partial charge on any atom is -0.482 e. The number of hydrogen-bond acceptors (Lipinski definition) is 3. The van der Waals surface area contributed by atoms with Gasteiger partial charge in [0.15, 0.2) is 6.61 Å². The number of carbonyl (C=O) groups excluding carboxylic acids is 2. The van der Waals surface area contributed by atoms with E-state index in [2.05, 4.69) is 5.32 Å². The molecule has 25 heavy (non-hydrogen) atoms. The highest BCUT2D eigenvalue weighted by Gasteiger charge is 2.28. The number of ether oxygens (including phenoxy) is 1. The monoisotopic (exact) mass is 362 g/mol. The lowest BCUT2D eigenvalue weighted by Crippen LogP contribution is -2.45. The van der Waals surface area contributed by atoms with Gasteiger partial charge in [0, 0.05) is 5.02 Å². The summed E-state index contributed by atoms with van der Waals surface area (Å²) in [6.45, 7) is 1.51. The molecule has 0 fully saturated rings. The maximum atomic E-state index is 13.0. The number of nitrogens with one attached hydrogen (secondary N) is 1. The van der Waals surface area contributed by atoms with Crippen molar-refractivity contribution < 1.29 is 18.7 Å². The lowest BCUT2D eigenvalue weighted by molar-refractivity contribution is -0.125. The fourth-order valence-electron chi connectivity index (χ4n) is 2.61. The van der Waals surface area contributed by atoms with Crippen molar-refractivity contribution in [2.75, 3.05) is 18.1 Å². The lowest BCUT2D eigenvalue weighted by atomic mass is 10.1. The molecule has 2 aromatic rings. The van der Waals surface area contributed by atoms with E-state index in [0.29, 0.717) is 16.5 Å². The van der Waals surface area contributed by atoms with Gasteiger partial charge in [-0.1, -0.05) is 23.7 Å². The third-order valence-electron chi connectivity index (χ3n) is 3.91. The van der Waals surface area contributed by atoms with E-state index in [1.165, 1.54) is 17.0 Å². The van der Waals surface area contributed by atoms with E-state index in [9.17, 15) is 14.0 Å². The van der Waals surface area contributed by atoms with Crippen LogP contribution in [0.15, 0.2) is 42.5 Å². The van der Waals surface area contributed by atoms with Crippen LogP contribution in [-0.2, 0) is 9.59 Å². The predicted molar refractivity (Wildman–Crippen MR) is 92.3 cm³/mol. The third-order valence-corrected chi connectivity index (χ3v) is 4.15. The Morgan fingerprint density at radius 3 is 2.76 bits per heavy atom. The molecule has 0 bridgehead atoms. The highest BCUT2D eigenvalue weighted by atomic mass is 35.5. The van der Waals surface area contributed by atoms with E-state index in [0.717, 1.165) is 5.56 Å². The minimum absolute atomic E-state index is 0.130. The molecule has 0 spiro atoms. The van der Waals surface area contributed by atoms with Gasteiger partial charge in [0.1, 0.15) is 18.1 Å². The Balaban J connectivity index is 1.71. The van der Waals surface area contributed by atoms with E-state index in [1.807, 2.05) is 0 Å². The molecule has 2 amide bonds. The highest BCUT2D eigenvalue weighted by Crippen LogP contribution is 2.34. The summed E-state index contributed by atoms with van der Waals surface area (Å²) in [6, 6.07) is 10.5. The Morgan fingerprint density at radius 1 is 1.32 bits per heavy atom. The number of halogens is 2. The van der Waals surface area contributed by atoms with Crippen molar-refractivity contribution in [3.05, 3.63) is 58.9 Å². The molecule has 7 heteroatoms. The molecule has 0 aromatic heterocycles. The zero-order chi connectivity index (χ0) is 18.0. The van der Waals surface area contributed by atoms with Gasteiger partial charge in [0.25, 0.3) is 5.91 Å². The summed E-state index contributed by atoms with van der Waals surface area (Å²) in [7, 11) is 0. The molecule has 1 aliphatic heterocycles. The topological polar surface area (TPSA) is 58.6 Å². The first-order valence-corrected chi connectivity index (χ1v) is 8.09. The molecule has 1 heterocycles. The predicted octanol–water partition coefficient (Wildman–Crippen LogP) is 3.08. The summed E-state index contributed by atoms with van der Waals surface area (Å²) < 4.78 is 18.3. The first-order chi connectivity index (χ1) is 11.9. The Kier molecular flexibility index (Phi) is 4.90. The van der Waals surface area contributed by atoms with E-state index in [-0.39, 0.29) is 36.8 Å². The summed E-state index contributed by atoms with van der Waals surface area (Å²) in [4.78, 5) is 25.8. The molecule has 0 saturated carbocycles. The Bertz CT molecular complexity index is 810. The second kappa shape index (κ2) is 7.11. The first-order valence-electron chi connectivity index (χ1n) is 7.71. The van der Waals surface area contributed by atoms with Crippen LogP contribution < -0.4 is 15.0 Å². The SMILES string of the molecule is CC(NC(=O)CN1C(=O)COc2ccc(Cl)cc21)c1ccc(F)cc1. The Labute approximate surface area is 149 Å². The molecule has 2 aromatic carbocycles. The van der Waals surface area contributed by atoms with E-state index in [1.54, 1.807) is 37.3 Å². The number of amides is 2. The molecular weight excluding hydrogens is 347 g/mol. The van der Waals surface area contributed by atoms with Crippen LogP contribution in [0.3, 0.4) is 0 Å². The number of benzene rings is 2. The fraction of sp³-hybridized carbons (Fsp3) is 0.222. The normalized spacial score (nSPS) is 14.5. The summed E-state index contributed by atoms with van der Waals surface area (Å²) >= 11 is 5.98. The molecule has 1 atom stereocenters. The number of rotatable bonds is 4. The van der Waals surface area contributed by atoms with Gasteiger partial charge in [-0.3, -0.25) is 14.5 Å². The number of hydrogen-bond donors (Lipinski definition) is 1. The molecule has 0 aliphatic carbocycles. The smallest absolute Gasteiger partial charge is 0.265 e. The van der Waals surface area contributed by atoms with E-state index < -0.39 is 0 Å². The van der Waals surface area contributed by atoms with Crippen LogP contribution in [0.5, 0.6) is 5.75 Å². The average molecular weight is 363 g/mol. The quantitative estimate of drug-likeness (QED) is 0.909. The number of nitrogens with zero attached hydrogens (tertiary/aromatic N) is 1. The Hall–Kier alpha value is -2.60. The minimum atomic E-state index is -0.338. The van der Waals surface area contributed by atoms with Crippen molar-refractivity contribution in [1.82, 2.24) is 5.32 Å². The van der Waals surface area contributed by atoms with Crippen LogP contribution in [0.25, 0.3) is 0 Å². The van der Waals surface area contributed by atoms with Crippen LogP contribution in [0.1, 0.15) is 18.5 Å². The van der Waals surface area contributed by atoms with Crippen molar-refractivity contribution in [1.29, 1.82) is 0 Å². The number of carbonyl (C=O) groups is 2. The largest absolute Gasteiger partial charge is 0.482 e. The maximum Gasteiger partial charge on any atom is 0.265 e. The zero-order valence-electron chi connectivity index (χ0n) is 13.5. The second-order valence-electron chi connectivity index (χ2n) is 5.72. The second-order valence-corrected chi connectivity index (χ2v) is 6.16. The fourth-order valence-corrected chi connectivity index (χ4v) is 2.78. The van der Waals surface area contributed by atoms with E-state index >= 15 is 0 Å². The van der Waals surface area contributed by atoms with Crippen molar-refractivity contribution in [3.8, 4) is 5.75 Å². The van der Waals surface area contributed by atoms with Crippen LogP contribution in [0.2, 0.25) is 5.02 Å². The van der Waals surface area contributed by atoms with Crippen molar-refractivity contribution in [3.63, 3.8) is 0 Å². The van der Waals surface area contributed by atoms with Gasteiger partial charge in [-0.2, -0.15) is 0 Å². The molecule has 5 nitrogen and oxygen atoms in total. The summed E-state index contributed by atoms with van der Waals surface area (Å²) in [5.41, 5.74) is 1.24. The van der Waals surface area contributed by atoms with E-state index in [4.69, 9.17) is 16.3 Å². The van der Waals surface area contributed by atoms with Crippen LogP contribution in [-0.4, -0.2) is 25.0 Å². The van der Waals surface area contributed by atoms with Gasteiger partial charge in [-0.15, -0.1) is 0 Å². The van der Waals surface area contributed by atoms with Crippen LogP contribution in [0.4, 0.5) is 10.1 Å². The van der Waals surface area contributed by atoms with Crippen molar-refractivity contribution >= 4 is 29.1 Å². The highest BCUT2D eigenvalue weighted by molar-refractivity contribution is 6.31. The van der Waals surface area contributed by atoms with Gasteiger partial charge in [-0.25, -0.2) is 4.39 Å². The number of anilines is 1. The molecule has 130 valence electrons. The van der Waals surface area contributed by atoms with Gasteiger partial charge in [-0.05, 0) is 42.8 Å². The van der Waals surface area contributed by atoms with Gasteiger partial charge in [0.2, 0.25) is 5.91 Å². The molecule has 1 aliphatic rings. The molecule has 0 saturated heterocycles. The molecular formula is C18H16ClFN2O3. The van der Waals surface area contributed by atoms with Crippen molar-refractivity contribution in [2.45, 2.75) is 13.0 Å². The molecule has 1 N–H and O–H groups in total. The van der Waals surface area contributed by atoms with Crippen molar-refractivity contribution in [2.24, 2.45) is 0 Å². The Morgan fingerprint density at radius 2 is 2.04 bits per heavy atom. The molecule has 0 radical (unpaired) electrons. The molecule has 3 rings (SSSR count). The summed E-state index contributed by atoms with van der Waals surface area (Å²) in [5.74, 6) is -0.490. The van der Waals surface area contributed by atoms with Gasteiger partial charge < -0.3 is 10.1 Å². The lowest BCUT2D eigenvalue weighted by Gasteiger charge is -2.29. The standard InChI is InChI=1S/C18H16ClFN2O3/c1-11(12-2-5-14(20)6-3-12)21-17(23)9-22-15-8-13(19)4-7-16(15)25-10-18(22)24/h2-8,11H,9-10H2,1H3,(H,21,23). The van der Waals surface area contributed by atoms with Gasteiger partial charge in [0.05, 0.1) is 11.7 Å². The maximum absolute atomic E-state index is 13.0. The van der Waals surface area contributed by atoms with Crippen LogP contribution >= 0.6 is 11.6 Å². The van der Waals surface area contributed by atoms with Crippen LogP contribution in [0, 0.1) is 5.82 Å². The average Bonchev–Trinajstić information content (AvgIpc) is 2.58. The summed E-state index contributed by atoms with van der Waals surface area (Å²) in [6.07, 6.45) is 0. The van der Waals surface area contributed by atoms with Gasteiger partial charge >= 0.3 is 0 Å². The summed E-state index contributed by atoms with van der Waals surface area (Å²) in [5, 5.41) is 3.25. The first kappa shape index (κ1) is 17.2. The third kappa shape index (κ3) is 3.91. The molecule has 1 unspecified atom stereocenters. The number of fused-ring (bicyclic) bond motifs is 1. The zero-order valence-corrected chi connectivity index (χ0v) is 14.2.